The fourth-order valence-electron chi connectivity index (χ4n) is 2.32. The van der Waals surface area contributed by atoms with Crippen molar-refractivity contribution in [1.29, 1.82) is 0 Å². The van der Waals surface area contributed by atoms with Gasteiger partial charge in [-0.05, 0) is 45.9 Å². The molecule has 0 saturated carbocycles. The fourth-order valence-corrected chi connectivity index (χ4v) is 3.23. The van der Waals surface area contributed by atoms with Crippen LogP contribution in [-0.4, -0.2) is 16.2 Å². The summed E-state index contributed by atoms with van der Waals surface area (Å²) in [5.74, 6) is 0.318. The van der Waals surface area contributed by atoms with Gasteiger partial charge in [0.15, 0.2) is 6.10 Å². The zero-order valence-electron chi connectivity index (χ0n) is 14.0. The molecule has 24 heavy (non-hydrogen) atoms. The first-order valence-corrected chi connectivity index (χ1v) is 8.44. The zero-order valence-corrected chi connectivity index (χ0v) is 14.8. The molecule has 1 atom stereocenters. The van der Waals surface area contributed by atoms with Crippen LogP contribution in [0.15, 0.2) is 34.7 Å². The third kappa shape index (κ3) is 3.38. The lowest BCUT2D eigenvalue weighted by atomic mass is 10.1. The Morgan fingerprint density at radius 3 is 2.50 bits per heavy atom. The Balaban J connectivity index is 1.74. The molecule has 0 N–H and O–H groups in total. The molecule has 0 aliphatic heterocycles. The van der Waals surface area contributed by atoms with Gasteiger partial charge in [0, 0.05) is 15.3 Å². The van der Waals surface area contributed by atoms with Crippen LogP contribution in [0.3, 0.4) is 0 Å². The topological polar surface area (TPSA) is 65.2 Å². The maximum atomic E-state index is 12.3. The molecule has 5 nitrogen and oxygen atoms in total. The molecule has 0 unspecified atom stereocenters. The molecule has 3 rings (SSSR count). The van der Waals surface area contributed by atoms with Crippen LogP contribution in [0.4, 0.5) is 0 Å². The van der Waals surface area contributed by atoms with Crippen LogP contribution >= 0.6 is 11.3 Å². The number of ether oxygens (including phenoxy) is 1. The normalized spacial score (nSPS) is 12.2. The summed E-state index contributed by atoms with van der Waals surface area (Å²) < 4.78 is 11.1. The van der Waals surface area contributed by atoms with Gasteiger partial charge >= 0.3 is 5.97 Å². The second kappa shape index (κ2) is 6.57. The summed E-state index contributed by atoms with van der Waals surface area (Å²) in [6.07, 6.45) is -0.608. The van der Waals surface area contributed by atoms with E-state index in [1.54, 1.807) is 18.3 Å². The number of esters is 1. The maximum absolute atomic E-state index is 12.3. The second-order valence-corrected chi connectivity index (χ2v) is 7.15. The number of nitrogens with zero attached hydrogens (tertiary/aromatic N) is 2. The van der Waals surface area contributed by atoms with Crippen LogP contribution in [-0.2, 0) is 4.74 Å². The summed E-state index contributed by atoms with van der Waals surface area (Å²) in [6, 6.07) is 9.62. The fraction of sp³-hybridized carbons (Fsp3) is 0.278. The first-order chi connectivity index (χ1) is 11.4. The molecule has 0 fully saturated rings. The first kappa shape index (κ1) is 16.4. The van der Waals surface area contributed by atoms with Gasteiger partial charge in [-0.1, -0.05) is 17.7 Å². The van der Waals surface area contributed by atoms with Gasteiger partial charge in [0.2, 0.25) is 5.89 Å². The molecule has 0 aliphatic carbocycles. The van der Waals surface area contributed by atoms with Crippen molar-refractivity contribution in [3.63, 3.8) is 0 Å². The van der Waals surface area contributed by atoms with Crippen LogP contribution in [0.2, 0.25) is 0 Å². The van der Waals surface area contributed by atoms with Gasteiger partial charge in [0.05, 0.1) is 5.56 Å². The van der Waals surface area contributed by atoms with Crippen LogP contribution in [0, 0.1) is 20.8 Å². The Kier molecular flexibility index (Phi) is 4.49. The molecule has 0 radical (unpaired) electrons. The van der Waals surface area contributed by atoms with Gasteiger partial charge in [0.1, 0.15) is 0 Å². The number of aromatic nitrogens is 2. The highest BCUT2D eigenvalue weighted by molar-refractivity contribution is 7.12. The number of hydrogen-bond acceptors (Lipinski definition) is 6. The van der Waals surface area contributed by atoms with Crippen LogP contribution < -0.4 is 0 Å². The summed E-state index contributed by atoms with van der Waals surface area (Å²) in [6.45, 7) is 7.60. The van der Waals surface area contributed by atoms with Gasteiger partial charge in [0.25, 0.3) is 5.89 Å². The van der Waals surface area contributed by atoms with Crippen molar-refractivity contribution in [2.75, 3.05) is 0 Å². The zero-order chi connectivity index (χ0) is 17.3. The third-order valence-corrected chi connectivity index (χ3v) is 4.60. The van der Waals surface area contributed by atoms with E-state index in [1.807, 2.05) is 51.1 Å². The van der Waals surface area contributed by atoms with E-state index in [0.29, 0.717) is 11.5 Å². The standard InChI is InChI=1S/C18H18N2O3S/c1-10-5-7-14(8-6-10)17-20-19-16(23-17)12(3)22-18(21)15-9-11(2)24-13(15)4/h5-9,12H,1-4H3/t12-/m1/s1. The molecule has 0 bridgehead atoms. The molecule has 2 aromatic heterocycles. The van der Waals surface area contributed by atoms with Crippen LogP contribution in [0.5, 0.6) is 0 Å². The number of carbonyl (C=O) groups is 1. The molecule has 0 saturated heterocycles. The van der Waals surface area contributed by atoms with E-state index < -0.39 is 6.10 Å². The smallest absolute Gasteiger partial charge is 0.340 e. The van der Waals surface area contributed by atoms with Gasteiger partial charge < -0.3 is 9.15 Å². The Labute approximate surface area is 144 Å². The lowest BCUT2D eigenvalue weighted by molar-refractivity contribution is 0.0279. The number of rotatable bonds is 4. The molecule has 0 spiro atoms. The van der Waals surface area contributed by atoms with Crippen LogP contribution in [0.1, 0.15) is 44.6 Å². The van der Waals surface area contributed by atoms with E-state index in [2.05, 4.69) is 10.2 Å². The molecule has 124 valence electrons. The van der Waals surface area contributed by atoms with Crippen molar-refractivity contribution in [3.8, 4) is 11.5 Å². The Bertz CT molecular complexity index is 865. The van der Waals surface area contributed by atoms with E-state index in [-0.39, 0.29) is 11.9 Å². The third-order valence-electron chi connectivity index (χ3n) is 3.63. The summed E-state index contributed by atoms with van der Waals surface area (Å²) >= 11 is 1.57. The average Bonchev–Trinajstić information content (AvgIpc) is 3.14. The molecule has 0 amide bonds. The van der Waals surface area contributed by atoms with Crippen LogP contribution in [0.25, 0.3) is 11.5 Å². The van der Waals surface area contributed by atoms with E-state index in [1.165, 1.54) is 0 Å². The highest BCUT2D eigenvalue weighted by Gasteiger charge is 2.21. The van der Waals surface area contributed by atoms with Gasteiger partial charge in [-0.25, -0.2) is 4.79 Å². The molecule has 0 aliphatic rings. The summed E-state index contributed by atoms with van der Waals surface area (Å²) in [5.41, 5.74) is 2.58. The Hall–Kier alpha value is -2.47. The van der Waals surface area contributed by atoms with Gasteiger partial charge in [-0.2, -0.15) is 0 Å². The highest BCUT2D eigenvalue weighted by Crippen LogP contribution is 2.26. The van der Waals surface area contributed by atoms with E-state index in [0.717, 1.165) is 20.9 Å². The molecule has 6 heteroatoms. The number of aryl methyl sites for hydroxylation is 3. The number of thiophene rings is 1. The molecule has 3 aromatic rings. The predicted octanol–water partition coefficient (Wildman–Crippen LogP) is 4.64. The summed E-state index contributed by atoms with van der Waals surface area (Å²) in [4.78, 5) is 14.3. The average molecular weight is 342 g/mol. The van der Waals surface area contributed by atoms with Gasteiger partial charge in [-0.15, -0.1) is 21.5 Å². The molecular weight excluding hydrogens is 324 g/mol. The van der Waals surface area contributed by atoms with Crippen molar-refractivity contribution in [1.82, 2.24) is 10.2 Å². The minimum Gasteiger partial charge on any atom is -0.449 e. The van der Waals surface area contributed by atoms with Crippen molar-refractivity contribution < 1.29 is 13.9 Å². The minimum absolute atomic E-state index is 0.281. The Morgan fingerprint density at radius 1 is 1.17 bits per heavy atom. The molecule has 1 aromatic carbocycles. The van der Waals surface area contributed by atoms with Crippen molar-refractivity contribution in [3.05, 3.63) is 57.1 Å². The monoisotopic (exact) mass is 342 g/mol. The first-order valence-electron chi connectivity index (χ1n) is 7.62. The van der Waals surface area contributed by atoms with Crippen molar-refractivity contribution >= 4 is 17.3 Å². The number of benzene rings is 1. The summed E-state index contributed by atoms with van der Waals surface area (Å²) in [5, 5.41) is 8.03. The SMILES string of the molecule is Cc1ccc(-c2nnc([C@@H](C)OC(=O)c3cc(C)sc3C)o2)cc1. The largest absolute Gasteiger partial charge is 0.449 e. The summed E-state index contributed by atoms with van der Waals surface area (Å²) in [7, 11) is 0. The predicted molar refractivity (Wildman–Crippen MR) is 92.1 cm³/mol. The molecular formula is C18H18N2O3S. The van der Waals surface area contributed by atoms with Crippen molar-refractivity contribution in [2.45, 2.75) is 33.8 Å². The number of carbonyl (C=O) groups excluding carboxylic acids is 1. The quantitative estimate of drug-likeness (QED) is 0.646. The van der Waals surface area contributed by atoms with E-state index in [9.17, 15) is 4.79 Å². The maximum Gasteiger partial charge on any atom is 0.340 e. The number of hydrogen-bond donors (Lipinski definition) is 0. The van der Waals surface area contributed by atoms with Gasteiger partial charge in [-0.3, -0.25) is 0 Å². The molecule has 2 heterocycles. The minimum atomic E-state index is -0.608. The lowest BCUT2D eigenvalue weighted by Gasteiger charge is -2.08. The lowest BCUT2D eigenvalue weighted by Crippen LogP contribution is -2.09. The Morgan fingerprint density at radius 2 is 1.88 bits per heavy atom. The van der Waals surface area contributed by atoms with E-state index in [4.69, 9.17) is 9.15 Å². The van der Waals surface area contributed by atoms with E-state index >= 15 is 0 Å². The highest BCUT2D eigenvalue weighted by atomic mass is 32.1. The van der Waals surface area contributed by atoms with Crippen molar-refractivity contribution in [2.24, 2.45) is 0 Å². The second-order valence-electron chi connectivity index (χ2n) is 5.69.